The summed E-state index contributed by atoms with van der Waals surface area (Å²) in [6.45, 7) is 5.42. The van der Waals surface area contributed by atoms with Crippen molar-refractivity contribution in [1.29, 1.82) is 0 Å². The van der Waals surface area contributed by atoms with Crippen LogP contribution in [0.5, 0.6) is 0 Å². The second kappa shape index (κ2) is 36.7. The van der Waals surface area contributed by atoms with E-state index in [1.165, 1.54) is 0 Å². The normalized spacial score (nSPS) is 5.68. The minimum Gasteiger partial charge on any atom is -0.481 e. The van der Waals surface area contributed by atoms with E-state index in [-0.39, 0.29) is 42.2 Å². The Morgan fingerprint density at radius 2 is 0.455 bits per heavy atom. The first-order valence-corrected chi connectivity index (χ1v) is 4.64. The van der Waals surface area contributed by atoms with Gasteiger partial charge in [-0.2, -0.15) is 0 Å². The van der Waals surface area contributed by atoms with Crippen molar-refractivity contribution in [2.75, 3.05) is 0 Å². The summed E-state index contributed by atoms with van der Waals surface area (Å²) in [7, 11) is 0. The Morgan fingerprint density at radius 1 is 0.455 bits per heavy atom. The molecule has 0 aliphatic rings. The van der Waals surface area contributed by atoms with Crippen LogP contribution in [-0.2, 0) is 66.1 Å². The minimum atomic E-state index is -0.833. The summed E-state index contributed by atoms with van der Waals surface area (Å²) in [6.07, 6.45) is 0. The summed E-state index contributed by atoms with van der Waals surface area (Å²) in [4.78, 5) is 45.0. The Morgan fingerprint density at radius 3 is 0.455 bits per heavy atom. The Labute approximate surface area is 156 Å². The number of carboxylic acid groups (broad SMARTS) is 5. The molecule has 0 aliphatic heterocycles. The molecule has 0 fully saturated rings. The Kier molecular flexibility index (Phi) is 71.4. The molecule has 1 radical (unpaired) electrons. The molecule has 0 bridgehead atoms. The van der Waals surface area contributed by atoms with Crippen LogP contribution in [0.2, 0.25) is 0 Å². The molecule has 0 aromatic rings. The van der Waals surface area contributed by atoms with E-state index >= 15 is 0 Å². The molecule has 0 aromatic heterocycles. The number of aliphatic carboxylic acids is 5. The maximum Gasteiger partial charge on any atom is 0.300 e. The van der Waals surface area contributed by atoms with Gasteiger partial charge in [0.2, 0.25) is 0 Å². The van der Waals surface area contributed by atoms with Crippen LogP contribution in [0.25, 0.3) is 0 Å². The van der Waals surface area contributed by atoms with Gasteiger partial charge in [-0.3, -0.25) is 24.0 Å². The van der Waals surface area contributed by atoms with E-state index < -0.39 is 29.8 Å². The molecule has 0 unspecified atom stereocenters. The summed E-state index contributed by atoms with van der Waals surface area (Å²) >= 11 is 0. The van der Waals surface area contributed by atoms with E-state index in [0.29, 0.717) is 0 Å². The standard InChI is InChI=1S/5C2H4O2.Ag.Os/c5*1-2(3)4;;/h5*1H3,(H,3,4);;. The third-order valence-electron chi connectivity index (χ3n) is 0. The third-order valence-corrected chi connectivity index (χ3v) is 0. The molecule has 0 rings (SSSR count). The van der Waals surface area contributed by atoms with Crippen molar-refractivity contribution in [2.45, 2.75) is 34.6 Å². The maximum atomic E-state index is 9.00. The van der Waals surface area contributed by atoms with Gasteiger partial charge >= 0.3 is 0 Å². The van der Waals surface area contributed by atoms with Gasteiger partial charge < -0.3 is 25.5 Å². The minimum absolute atomic E-state index is 0. The summed E-state index contributed by atoms with van der Waals surface area (Å²) in [5.41, 5.74) is 0. The Hall–Kier alpha value is -1.27. The molecule has 5 N–H and O–H groups in total. The van der Waals surface area contributed by atoms with E-state index in [9.17, 15) is 0 Å². The Balaban J connectivity index is -0.0000000250. The molecule has 139 valence electrons. The fourth-order valence-corrected chi connectivity index (χ4v) is 0. The van der Waals surface area contributed by atoms with Gasteiger partial charge in [-0.1, -0.05) is 0 Å². The molecular weight excluding hydrogens is 578 g/mol. The van der Waals surface area contributed by atoms with E-state index in [0.717, 1.165) is 34.6 Å². The zero-order valence-electron chi connectivity index (χ0n) is 12.4. The van der Waals surface area contributed by atoms with Crippen molar-refractivity contribution in [3.8, 4) is 0 Å². The first-order chi connectivity index (χ1) is 8.66. The molecule has 0 atom stereocenters. The number of hydrogen-bond donors (Lipinski definition) is 5. The molecule has 0 aromatic carbocycles. The van der Waals surface area contributed by atoms with Gasteiger partial charge in [0.15, 0.2) is 0 Å². The van der Waals surface area contributed by atoms with E-state index in [1.807, 2.05) is 0 Å². The topological polar surface area (TPSA) is 186 Å². The monoisotopic (exact) mass is 599 g/mol. The SMILES string of the molecule is CC(=O)O.CC(=O)O.CC(=O)O.CC(=O)O.CC(=O)O.[Ag].[Os]. The van der Waals surface area contributed by atoms with Crippen LogP contribution in [0.4, 0.5) is 0 Å². The number of carboxylic acids is 5. The quantitative estimate of drug-likeness (QED) is 0.245. The van der Waals surface area contributed by atoms with Gasteiger partial charge in [-0.25, -0.2) is 0 Å². The summed E-state index contributed by atoms with van der Waals surface area (Å²) in [5.74, 6) is -4.17. The van der Waals surface area contributed by atoms with Crippen molar-refractivity contribution >= 4 is 29.8 Å². The van der Waals surface area contributed by atoms with Gasteiger partial charge in [0.25, 0.3) is 29.8 Å². The van der Waals surface area contributed by atoms with Crippen LogP contribution in [0, 0.1) is 0 Å². The second-order valence-corrected chi connectivity index (χ2v) is 2.60. The zero-order chi connectivity index (χ0) is 17.9. The summed E-state index contributed by atoms with van der Waals surface area (Å²) < 4.78 is 0. The van der Waals surface area contributed by atoms with Crippen LogP contribution in [0.3, 0.4) is 0 Å². The molecule has 0 aliphatic carbocycles. The van der Waals surface area contributed by atoms with Crippen molar-refractivity contribution in [2.24, 2.45) is 0 Å². The smallest absolute Gasteiger partial charge is 0.300 e. The average molecular weight is 598 g/mol. The molecule has 12 heteroatoms. The fraction of sp³-hybridized carbons (Fsp3) is 0.500. The number of rotatable bonds is 0. The van der Waals surface area contributed by atoms with Gasteiger partial charge in [0.1, 0.15) is 0 Å². The second-order valence-electron chi connectivity index (χ2n) is 2.60. The van der Waals surface area contributed by atoms with Gasteiger partial charge in [0, 0.05) is 76.8 Å². The molecule has 0 spiro atoms. The first kappa shape index (κ1) is 42.8. The van der Waals surface area contributed by atoms with Gasteiger partial charge in [-0.15, -0.1) is 0 Å². The van der Waals surface area contributed by atoms with Crippen molar-refractivity contribution < 1.29 is 91.7 Å². The number of carbonyl (C=O) groups is 5. The van der Waals surface area contributed by atoms with Crippen LogP contribution in [0.1, 0.15) is 34.6 Å². The van der Waals surface area contributed by atoms with E-state index in [2.05, 4.69) is 0 Å². The van der Waals surface area contributed by atoms with Crippen molar-refractivity contribution in [3.05, 3.63) is 0 Å². The third kappa shape index (κ3) is 3630. The van der Waals surface area contributed by atoms with E-state index in [1.54, 1.807) is 0 Å². The van der Waals surface area contributed by atoms with Crippen LogP contribution in [0.15, 0.2) is 0 Å². The van der Waals surface area contributed by atoms with E-state index in [4.69, 9.17) is 49.5 Å². The predicted octanol–water partition coefficient (Wildman–Crippen LogP) is 0.450. The van der Waals surface area contributed by atoms with Crippen molar-refractivity contribution in [1.82, 2.24) is 0 Å². The molecule has 22 heavy (non-hydrogen) atoms. The van der Waals surface area contributed by atoms with Gasteiger partial charge in [0.05, 0.1) is 0 Å². The largest absolute Gasteiger partial charge is 0.481 e. The zero-order valence-corrected chi connectivity index (χ0v) is 16.5. The molecule has 0 heterocycles. The Bertz CT molecular complexity index is 216. The number of hydrogen-bond acceptors (Lipinski definition) is 5. The first-order valence-electron chi connectivity index (χ1n) is 4.64. The molecule has 0 saturated carbocycles. The maximum absolute atomic E-state index is 9.00. The summed E-state index contributed by atoms with van der Waals surface area (Å²) in [5, 5.41) is 37.1. The molecular formula is C10H20AgO10Os. The molecule has 0 amide bonds. The summed E-state index contributed by atoms with van der Waals surface area (Å²) in [6, 6.07) is 0. The average Bonchev–Trinajstić information content (AvgIpc) is 1.94. The predicted molar refractivity (Wildman–Crippen MR) is 66.5 cm³/mol. The fourth-order valence-electron chi connectivity index (χ4n) is 0. The van der Waals surface area contributed by atoms with Crippen LogP contribution < -0.4 is 0 Å². The molecule has 0 saturated heterocycles. The molecule has 10 nitrogen and oxygen atoms in total. The van der Waals surface area contributed by atoms with Gasteiger partial charge in [-0.05, 0) is 0 Å². The van der Waals surface area contributed by atoms with Crippen LogP contribution >= 0.6 is 0 Å². The van der Waals surface area contributed by atoms with Crippen LogP contribution in [-0.4, -0.2) is 55.4 Å². The van der Waals surface area contributed by atoms with Crippen molar-refractivity contribution in [3.63, 3.8) is 0 Å².